The second-order valence-electron chi connectivity index (χ2n) is 7.41. The molecule has 0 spiro atoms. The summed E-state index contributed by atoms with van der Waals surface area (Å²) in [4.78, 5) is 23.0. The second-order valence-corrected chi connectivity index (χ2v) is 7.41. The van der Waals surface area contributed by atoms with Crippen LogP contribution in [0.15, 0.2) is 47.5 Å². The van der Waals surface area contributed by atoms with E-state index >= 15 is 0 Å². The van der Waals surface area contributed by atoms with E-state index in [1.54, 1.807) is 53.7 Å². The van der Waals surface area contributed by atoms with Gasteiger partial charge in [-0.2, -0.15) is 0 Å². The van der Waals surface area contributed by atoms with Gasteiger partial charge in [0.1, 0.15) is 11.6 Å². The van der Waals surface area contributed by atoms with Crippen molar-refractivity contribution in [3.05, 3.63) is 70.3 Å². The highest BCUT2D eigenvalue weighted by Crippen LogP contribution is 2.23. The SMILES string of the molecule is CCOC(=O)/C(C)=C(/C)c1ccc(F)c(N)c1.CCOC(=O)/C(C)=C(\C)c1ccc(F)c(N)c1. The van der Waals surface area contributed by atoms with Crippen molar-refractivity contribution >= 4 is 34.5 Å². The number of esters is 2. The Balaban J connectivity index is 0.000000340. The molecule has 0 aliphatic heterocycles. The van der Waals surface area contributed by atoms with E-state index in [0.717, 1.165) is 22.3 Å². The molecule has 0 bridgehead atoms. The molecular formula is C26H32F2N2O4. The zero-order valence-electron chi connectivity index (χ0n) is 20.4. The van der Waals surface area contributed by atoms with Gasteiger partial charge in [-0.1, -0.05) is 12.1 Å². The fourth-order valence-electron chi connectivity index (χ4n) is 2.77. The Morgan fingerprint density at radius 2 is 1.03 bits per heavy atom. The molecule has 0 amide bonds. The molecule has 2 aromatic rings. The Morgan fingerprint density at radius 3 is 1.29 bits per heavy atom. The summed E-state index contributed by atoms with van der Waals surface area (Å²) >= 11 is 0. The van der Waals surface area contributed by atoms with Gasteiger partial charge in [-0.3, -0.25) is 0 Å². The maximum atomic E-state index is 13.0. The van der Waals surface area contributed by atoms with E-state index in [-0.39, 0.29) is 23.3 Å². The lowest BCUT2D eigenvalue weighted by atomic mass is 10.0. The first-order chi connectivity index (χ1) is 15.9. The lowest BCUT2D eigenvalue weighted by Gasteiger charge is -2.08. The fraction of sp³-hybridized carbons (Fsp3) is 0.308. The summed E-state index contributed by atoms with van der Waals surface area (Å²) in [6.07, 6.45) is 0. The molecule has 184 valence electrons. The third-order valence-electron chi connectivity index (χ3n) is 5.15. The normalized spacial score (nSPS) is 12.0. The maximum absolute atomic E-state index is 13.0. The van der Waals surface area contributed by atoms with Crippen LogP contribution in [0.3, 0.4) is 0 Å². The van der Waals surface area contributed by atoms with Crippen LogP contribution in [0.4, 0.5) is 20.2 Å². The number of benzene rings is 2. The van der Waals surface area contributed by atoms with E-state index in [1.807, 2.05) is 0 Å². The molecule has 34 heavy (non-hydrogen) atoms. The third-order valence-corrected chi connectivity index (χ3v) is 5.15. The van der Waals surface area contributed by atoms with Crippen molar-refractivity contribution in [3.8, 4) is 0 Å². The average molecular weight is 475 g/mol. The van der Waals surface area contributed by atoms with Crippen LogP contribution < -0.4 is 11.5 Å². The van der Waals surface area contributed by atoms with Crippen LogP contribution >= 0.6 is 0 Å². The Labute approximate surface area is 199 Å². The molecule has 0 unspecified atom stereocenters. The molecule has 6 nitrogen and oxygen atoms in total. The van der Waals surface area contributed by atoms with Crippen LogP contribution in [0.25, 0.3) is 11.1 Å². The molecule has 4 N–H and O–H groups in total. The Hall–Kier alpha value is -3.68. The van der Waals surface area contributed by atoms with Crippen LogP contribution in [-0.4, -0.2) is 25.2 Å². The molecule has 0 radical (unpaired) electrons. The number of nitrogen functional groups attached to an aromatic ring is 2. The minimum Gasteiger partial charge on any atom is -0.463 e. The van der Waals surface area contributed by atoms with Crippen LogP contribution in [0.1, 0.15) is 52.7 Å². The molecule has 0 atom stereocenters. The van der Waals surface area contributed by atoms with E-state index in [0.29, 0.717) is 24.4 Å². The second kappa shape index (κ2) is 13.1. The van der Waals surface area contributed by atoms with Gasteiger partial charge >= 0.3 is 11.9 Å². The van der Waals surface area contributed by atoms with Crippen LogP contribution in [0.5, 0.6) is 0 Å². The molecule has 0 aliphatic carbocycles. The predicted molar refractivity (Wildman–Crippen MR) is 131 cm³/mol. The van der Waals surface area contributed by atoms with Crippen molar-refractivity contribution in [2.45, 2.75) is 41.5 Å². The zero-order chi connectivity index (χ0) is 26.0. The first-order valence-electron chi connectivity index (χ1n) is 10.7. The Bertz CT molecular complexity index is 1020. The molecule has 0 saturated heterocycles. The van der Waals surface area contributed by atoms with Crippen molar-refractivity contribution in [3.63, 3.8) is 0 Å². The Morgan fingerprint density at radius 1 is 0.706 bits per heavy atom. The van der Waals surface area contributed by atoms with E-state index < -0.39 is 11.6 Å². The molecule has 8 heteroatoms. The van der Waals surface area contributed by atoms with E-state index in [4.69, 9.17) is 20.9 Å². The summed E-state index contributed by atoms with van der Waals surface area (Å²) < 4.78 is 35.8. The standard InChI is InChI=1S/2C13H16FNO2/c2*1-4-17-13(16)9(3)8(2)10-5-6-11(14)12(15)7-10/h2*5-7H,4,15H2,1-3H3/b9-8+;9-8-. The molecule has 0 saturated carbocycles. The molecule has 2 rings (SSSR count). The van der Waals surface area contributed by atoms with Crippen LogP contribution in [-0.2, 0) is 19.1 Å². The van der Waals surface area contributed by atoms with Crippen molar-refractivity contribution in [2.24, 2.45) is 0 Å². The molecular weight excluding hydrogens is 442 g/mol. The molecule has 0 heterocycles. The number of anilines is 2. The number of ether oxygens (including phenoxy) is 2. The van der Waals surface area contributed by atoms with Gasteiger partial charge in [0, 0.05) is 11.1 Å². The number of halogens is 2. The number of rotatable bonds is 6. The van der Waals surface area contributed by atoms with Gasteiger partial charge in [0.25, 0.3) is 0 Å². The van der Waals surface area contributed by atoms with Crippen LogP contribution in [0, 0.1) is 11.6 Å². The minimum atomic E-state index is -0.463. The maximum Gasteiger partial charge on any atom is 0.333 e. The van der Waals surface area contributed by atoms with Gasteiger partial charge < -0.3 is 20.9 Å². The molecule has 0 aliphatic rings. The van der Waals surface area contributed by atoms with Crippen molar-refractivity contribution in [2.75, 3.05) is 24.7 Å². The van der Waals surface area contributed by atoms with Gasteiger partial charge in [0.2, 0.25) is 0 Å². The summed E-state index contributed by atoms with van der Waals surface area (Å²) in [5, 5.41) is 0. The summed E-state index contributed by atoms with van der Waals surface area (Å²) in [6, 6.07) is 8.76. The average Bonchev–Trinajstić information content (AvgIpc) is 2.81. The highest BCUT2D eigenvalue weighted by Gasteiger charge is 2.12. The number of carbonyl (C=O) groups is 2. The van der Waals surface area contributed by atoms with Gasteiger partial charge in [0.15, 0.2) is 0 Å². The number of hydrogen-bond donors (Lipinski definition) is 2. The quantitative estimate of drug-likeness (QED) is 0.324. The molecule has 0 fully saturated rings. The lowest BCUT2D eigenvalue weighted by Crippen LogP contribution is -2.07. The summed E-state index contributed by atoms with van der Waals surface area (Å²) in [6.45, 7) is 11.1. The Kier molecular flexibility index (Phi) is 10.9. The first kappa shape index (κ1) is 28.4. The number of carbonyl (C=O) groups excluding carboxylic acids is 2. The summed E-state index contributed by atoms with van der Waals surface area (Å²) in [5.41, 5.74) is 15.0. The summed E-state index contributed by atoms with van der Waals surface area (Å²) in [7, 11) is 0. The number of hydrogen-bond acceptors (Lipinski definition) is 6. The van der Waals surface area contributed by atoms with Crippen molar-refractivity contribution < 1.29 is 27.8 Å². The third kappa shape index (κ3) is 7.72. The van der Waals surface area contributed by atoms with E-state index in [2.05, 4.69) is 0 Å². The zero-order valence-corrected chi connectivity index (χ0v) is 20.4. The first-order valence-corrected chi connectivity index (χ1v) is 10.7. The monoisotopic (exact) mass is 474 g/mol. The van der Waals surface area contributed by atoms with Crippen molar-refractivity contribution in [1.29, 1.82) is 0 Å². The van der Waals surface area contributed by atoms with E-state index in [9.17, 15) is 18.4 Å². The molecule has 0 aromatic heterocycles. The largest absolute Gasteiger partial charge is 0.463 e. The van der Waals surface area contributed by atoms with Gasteiger partial charge in [-0.05, 0) is 88.1 Å². The van der Waals surface area contributed by atoms with E-state index in [1.165, 1.54) is 24.3 Å². The summed E-state index contributed by atoms with van der Waals surface area (Å²) in [5.74, 6) is -1.66. The van der Waals surface area contributed by atoms with Crippen molar-refractivity contribution in [1.82, 2.24) is 0 Å². The highest BCUT2D eigenvalue weighted by atomic mass is 19.1. The topological polar surface area (TPSA) is 105 Å². The highest BCUT2D eigenvalue weighted by molar-refractivity contribution is 5.97. The fourth-order valence-corrected chi connectivity index (χ4v) is 2.77. The predicted octanol–water partition coefficient (Wildman–Crippen LogP) is 5.53. The number of nitrogens with two attached hydrogens (primary N) is 2. The molecule has 2 aromatic carbocycles. The smallest absolute Gasteiger partial charge is 0.333 e. The minimum absolute atomic E-state index is 0.0681. The number of allylic oxidation sites excluding steroid dienone is 2. The van der Waals surface area contributed by atoms with Gasteiger partial charge in [-0.15, -0.1) is 0 Å². The lowest BCUT2D eigenvalue weighted by molar-refractivity contribution is -0.139. The van der Waals surface area contributed by atoms with Gasteiger partial charge in [0.05, 0.1) is 24.6 Å². The van der Waals surface area contributed by atoms with Gasteiger partial charge in [-0.25, -0.2) is 18.4 Å². The van der Waals surface area contributed by atoms with Crippen LogP contribution in [0.2, 0.25) is 0 Å².